The van der Waals surface area contributed by atoms with E-state index in [2.05, 4.69) is 23.2 Å². The molecular weight excluding hydrogens is 384 g/mol. The van der Waals surface area contributed by atoms with E-state index in [4.69, 9.17) is 15.2 Å². The van der Waals surface area contributed by atoms with Crippen molar-refractivity contribution >= 4 is 18.5 Å². The lowest BCUT2D eigenvalue weighted by Gasteiger charge is -2.42. The molecule has 0 saturated carbocycles. The van der Waals surface area contributed by atoms with Gasteiger partial charge in [-0.05, 0) is 51.3 Å². The van der Waals surface area contributed by atoms with E-state index in [9.17, 15) is 9.59 Å². The number of ether oxygens (including phenoxy) is 2. The molecule has 0 radical (unpaired) electrons. The number of allylic oxidation sites excluding steroid dienone is 2. The molecule has 2 amide bonds. The second kappa shape index (κ2) is 9.96. The first-order chi connectivity index (χ1) is 14.2. The van der Waals surface area contributed by atoms with Crippen molar-refractivity contribution in [3.63, 3.8) is 0 Å². The van der Waals surface area contributed by atoms with Crippen molar-refractivity contribution in [3.05, 3.63) is 47.8 Å². The van der Waals surface area contributed by atoms with Crippen molar-refractivity contribution in [2.75, 3.05) is 26.7 Å². The van der Waals surface area contributed by atoms with Crippen molar-refractivity contribution < 1.29 is 19.1 Å². The average Bonchev–Trinajstić information content (AvgIpc) is 2.73. The summed E-state index contributed by atoms with van der Waals surface area (Å²) in [5, 5.41) is 0. The Labute approximate surface area is 177 Å². The van der Waals surface area contributed by atoms with Gasteiger partial charge < -0.3 is 25.0 Å². The summed E-state index contributed by atoms with van der Waals surface area (Å²) in [6.45, 7) is 14.9. The molecule has 0 aliphatic carbocycles. The number of hydrogen-bond acceptors (Lipinski definition) is 6. The Bertz CT molecular complexity index is 865. The van der Waals surface area contributed by atoms with Gasteiger partial charge in [0.05, 0.1) is 7.11 Å². The zero-order valence-corrected chi connectivity index (χ0v) is 18.1. The molecule has 2 N–H and O–H groups in total. The first kappa shape index (κ1) is 23.0. The highest BCUT2D eigenvalue weighted by molar-refractivity contribution is 5.93. The number of methoxy groups -OCH3 is 1. The van der Waals surface area contributed by atoms with E-state index in [1.54, 1.807) is 24.0 Å². The van der Waals surface area contributed by atoms with E-state index in [1.165, 1.54) is 19.2 Å². The summed E-state index contributed by atoms with van der Waals surface area (Å²) in [4.78, 5) is 32.4. The Morgan fingerprint density at radius 1 is 1.33 bits per heavy atom. The molecule has 8 heteroatoms. The molecule has 1 saturated heterocycles. The summed E-state index contributed by atoms with van der Waals surface area (Å²) in [7, 11) is 1.46. The molecule has 1 aromatic rings. The highest BCUT2D eigenvalue weighted by Gasteiger charge is 2.32. The summed E-state index contributed by atoms with van der Waals surface area (Å²) in [6.07, 6.45) is 1.02. The number of aliphatic imine (C=N–C) groups is 1. The van der Waals surface area contributed by atoms with Gasteiger partial charge in [-0.15, -0.1) is 0 Å². The van der Waals surface area contributed by atoms with Gasteiger partial charge in [0.2, 0.25) is 5.91 Å². The van der Waals surface area contributed by atoms with Crippen molar-refractivity contribution in [3.8, 4) is 11.5 Å². The van der Waals surface area contributed by atoms with Crippen LogP contribution in [0.5, 0.6) is 11.5 Å². The highest BCUT2D eigenvalue weighted by atomic mass is 16.5. The van der Waals surface area contributed by atoms with Crippen LogP contribution in [0, 0.1) is 0 Å². The normalized spacial score (nSPS) is 18.2. The number of carbonyl (C=O) groups excluding carboxylic acids is 2. The molecule has 1 heterocycles. The largest absolute Gasteiger partial charge is 0.493 e. The smallest absolute Gasteiger partial charge is 0.263 e. The lowest BCUT2D eigenvalue weighted by Crippen LogP contribution is -2.56. The predicted molar refractivity (Wildman–Crippen MR) is 117 cm³/mol. The van der Waals surface area contributed by atoms with Gasteiger partial charge >= 0.3 is 0 Å². The van der Waals surface area contributed by atoms with E-state index in [-0.39, 0.29) is 11.9 Å². The number of carbonyl (C=O) groups is 2. The number of nitrogens with zero attached hydrogens (tertiary/aromatic N) is 3. The molecule has 2 unspecified atom stereocenters. The number of hydrogen-bond donors (Lipinski definition) is 1. The number of rotatable bonds is 8. The minimum atomic E-state index is -0.727. The average molecular weight is 415 g/mol. The van der Waals surface area contributed by atoms with Gasteiger partial charge in [-0.3, -0.25) is 9.59 Å². The molecule has 0 spiro atoms. The van der Waals surface area contributed by atoms with Crippen molar-refractivity contribution in [1.29, 1.82) is 0 Å². The molecule has 1 aromatic carbocycles. The molecule has 0 aromatic heterocycles. The van der Waals surface area contributed by atoms with Crippen LogP contribution in [0.2, 0.25) is 0 Å². The first-order valence-corrected chi connectivity index (χ1v) is 9.73. The highest BCUT2D eigenvalue weighted by Crippen LogP contribution is 2.29. The van der Waals surface area contributed by atoms with Gasteiger partial charge in [-0.1, -0.05) is 12.7 Å². The predicted octanol–water partition coefficient (Wildman–Crippen LogP) is 2.21. The Hall–Kier alpha value is -3.29. The summed E-state index contributed by atoms with van der Waals surface area (Å²) in [5.41, 5.74) is 6.55. The lowest BCUT2D eigenvalue weighted by atomic mass is 10.1. The Morgan fingerprint density at radius 3 is 2.57 bits per heavy atom. The summed E-state index contributed by atoms with van der Waals surface area (Å²) >= 11 is 0. The third-order valence-corrected chi connectivity index (χ3v) is 5.12. The van der Waals surface area contributed by atoms with Crippen LogP contribution in [0.25, 0.3) is 0 Å². The minimum Gasteiger partial charge on any atom is -0.493 e. The third kappa shape index (κ3) is 5.00. The van der Waals surface area contributed by atoms with Gasteiger partial charge in [-0.2, -0.15) is 0 Å². The summed E-state index contributed by atoms with van der Waals surface area (Å²) in [5.74, 6) is 0.811. The number of benzene rings is 1. The fourth-order valence-corrected chi connectivity index (χ4v) is 3.44. The Morgan fingerprint density at radius 2 is 2.03 bits per heavy atom. The van der Waals surface area contributed by atoms with E-state index in [0.717, 1.165) is 11.4 Å². The summed E-state index contributed by atoms with van der Waals surface area (Å²) < 4.78 is 11.1. The van der Waals surface area contributed by atoms with Crippen LogP contribution in [-0.2, 0) is 4.79 Å². The molecule has 1 aliphatic rings. The molecule has 2 rings (SSSR count). The van der Waals surface area contributed by atoms with Crippen LogP contribution in [-0.4, -0.2) is 67.2 Å². The van der Waals surface area contributed by atoms with Crippen molar-refractivity contribution in [1.82, 2.24) is 9.80 Å². The van der Waals surface area contributed by atoms with E-state index in [0.29, 0.717) is 36.7 Å². The molecule has 0 bridgehead atoms. The third-order valence-electron chi connectivity index (χ3n) is 5.12. The second-order valence-corrected chi connectivity index (χ2v) is 7.19. The minimum absolute atomic E-state index is 0.0363. The van der Waals surface area contributed by atoms with Gasteiger partial charge in [0, 0.05) is 31.2 Å². The van der Waals surface area contributed by atoms with Gasteiger partial charge in [0.15, 0.2) is 17.6 Å². The molecule has 1 aliphatic heterocycles. The fraction of sp³-hybridized carbons (Fsp3) is 0.409. The zero-order valence-electron chi connectivity index (χ0n) is 18.1. The number of piperazine rings is 1. The van der Waals surface area contributed by atoms with E-state index in [1.807, 2.05) is 13.8 Å². The molecular formula is C22H30N4O4. The van der Waals surface area contributed by atoms with Crippen LogP contribution in [0.15, 0.2) is 47.2 Å². The number of nitrogens with two attached hydrogens (primary N) is 1. The maximum atomic E-state index is 13.0. The molecule has 2 atom stereocenters. The standard InChI is InChI=1S/C22H30N4O4/c1-7-14(2)21(24-5)25-10-11-26(15(3)13-25)22(28)16(4)30-18-9-8-17(20(23)27)12-19(18)29-6/h7-9,12,15-16H,1,5,10-11,13H2,2-4,6H3,(H2,23,27)/b21-14+. The van der Waals surface area contributed by atoms with Crippen LogP contribution in [0.1, 0.15) is 31.1 Å². The maximum absolute atomic E-state index is 13.0. The molecule has 8 nitrogen and oxygen atoms in total. The molecule has 162 valence electrons. The molecule has 30 heavy (non-hydrogen) atoms. The van der Waals surface area contributed by atoms with Crippen molar-refractivity contribution in [2.24, 2.45) is 10.7 Å². The van der Waals surface area contributed by atoms with Crippen LogP contribution in [0.4, 0.5) is 0 Å². The van der Waals surface area contributed by atoms with Gasteiger partial charge in [0.1, 0.15) is 5.82 Å². The maximum Gasteiger partial charge on any atom is 0.263 e. The molecule has 1 fully saturated rings. The van der Waals surface area contributed by atoms with Crippen LogP contribution < -0.4 is 15.2 Å². The Kier molecular flexibility index (Phi) is 7.63. The topological polar surface area (TPSA) is 97.5 Å². The van der Waals surface area contributed by atoms with Crippen LogP contribution in [0.3, 0.4) is 0 Å². The lowest BCUT2D eigenvalue weighted by molar-refractivity contribution is -0.142. The van der Waals surface area contributed by atoms with Gasteiger partial charge in [0.25, 0.3) is 5.91 Å². The second-order valence-electron chi connectivity index (χ2n) is 7.19. The number of amides is 2. The van der Waals surface area contributed by atoms with E-state index < -0.39 is 12.0 Å². The Balaban J connectivity index is 2.10. The van der Waals surface area contributed by atoms with Crippen LogP contribution >= 0.6 is 0 Å². The number of primary amides is 1. The van der Waals surface area contributed by atoms with Gasteiger partial charge in [-0.25, -0.2) is 4.99 Å². The van der Waals surface area contributed by atoms with E-state index >= 15 is 0 Å². The monoisotopic (exact) mass is 414 g/mol. The quantitative estimate of drug-likeness (QED) is 0.520. The van der Waals surface area contributed by atoms with Crippen molar-refractivity contribution in [2.45, 2.75) is 32.9 Å². The zero-order chi connectivity index (χ0) is 22.4. The summed E-state index contributed by atoms with van der Waals surface area (Å²) in [6, 6.07) is 4.57. The fourth-order valence-electron chi connectivity index (χ4n) is 3.44. The SMILES string of the molecule is C=C/C(C)=C(\N=C)N1CCN(C(=O)C(C)Oc2ccc(C(N)=O)cc2OC)C(C)C1. The first-order valence-electron chi connectivity index (χ1n) is 9.73.